The van der Waals surface area contributed by atoms with E-state index in [-0.39, 0.29) is 12.5 Å². The quantitative estimate of drug-likeness (QED) is 0.378. The standard InChI is InChI=1S/C18H17IN2O2S2/c19-16-4-2-1-3-14(16)11-20-21-17(22)12-23-15-7-5-13(6-8-15)18-24-9-10-25-18/h1-8,11,18H,9-10,12H2,(H,21,22)/b20-11-. The van der Waals surface area contributed by atoms with E-state index in [1.807, 2.05) is 59.9 Å². The molecule has 0 saturated carbocycles. The molecule has 0 aromatic heterocycles. The monoisotopic (exact) mass is 484 g/mol. The third-order valence-electron chi connectivity index (χ3n) is 3.44. The van der Waals surface area contributed by atoms with Gasteiger partial charge in [0.2, 0.25) is 0 Å². The fraction of sp³-hybridized carbons (Fsp3) is 0.222. The highest BCUT2D eigenvalue weighted by Crippen LogP contribution is 2.45. The molecular formula is C18H17IN2O2S2. The highest BCUT2D eigenvalue weighted by molar-refractivity contribution is 14.1. The lowest BCUT2D eigenvalue weighted by Gasteiger charge is -2.10. The third kappa shape index (κ3) is 5.65. The number of carbonyl (C=O) groups is 1. The highest BCUT2D eigenvalue weighted by atomic mass is 127. The molecule has 2 aromatic carbocycles. The van der Waals surface area contributed by atoms with E-state index in [1.54, 1.807) is 6.21 Å². The van der Waals surface area contributed by atoms with E-state index in [0.717, 1.165) is 9.13 Å². The number of nitrogens with zero attached hydrogens (tertiary/aromatic N) is 1. The van der Waals surface area contributed by atoms with E-state index in [1.165, 1.54) is 17.1 Å². The number of thioether (sulfide) groups is 2. The summed E-state index contributed by atoms with van der Waals surface area (Å²) in [4.78, 5) is 11.8. The van der Waals surface area contributed by atoms with Gasteiger partial charge in [-0.25, -0.2) is 5.43 Å². The Hall–Kier alpha value is -1.19. The number of rotatable bonds is 6. The van der Waals surface area contributed by atoms with Crippen molar-refractivity contribution in [3.05, 3.63) is 63.2 Å². The Morgan fingerprint density at radius 1 is 1.20 bits per heavy atom. The Morgan fingerprint density at radius 3 is 2.64 bits per heavy atom. The van der Waals surface area contributed by atoms with Crippen LogP contribution in [0.25, 0.3) is 0 Å². The number of amides is 1. The molecule has 3 rings (SSSR count). The number of carbonyl (C=O) groups excluding carboxylic acids is 1. The van der Waals surface area contributed by atoms with Crippen LogP contribution in [0.15, 0.2) is 53.6 Å². The van der Waals surface area contributed by atoms with Crippen molar-refractivity contribution >= 4 is 58.2 Å². The largest absolute Gasteiger partial charge is 0.484 e. The van der Waals surface area contributed by atoms with E-state index >= 15 is 0 Å². The first-order chi connectivity index (χ1) is 12.2. The molecule has 1 amide bonds. The first kappa shape index (κ1) is 18.6. The molecule has 1 saturated heterocycles. The molecule has 0 aliphatic carbocycles. The van der Waals surface area contributed by atoms with Gasteiger partial charge in [0.25, 0.3) is 5.91 Å². The van der Waals surface area contributed by atoms with Gasteiger partial charge in [-0.15, -0.1) is 23.5 Å². The molecule has 0 radical (unpaired) electrons. The average molecular weight is 484 g/mol. The van der Waals surface area contributed by atoms with Crippen LogP contribution in [0.4, 0.5) is 0 Å². The van der Waals surface area contributed by atoms with Gasteiger partial charge in [0, 0.05) is 20.6 Å². The molecule has 0 unspecified atom stereocenters. The third-order valence-corrected chi connectivity index (χ3v) is 7.53. The summed E-state index contributed by atoms with van der Waals surface area (Å²) in [7, 11) is 0. The lowest BCUT2D eigenvalue weighted by molar-refractivity contribution is -0.123. The van der Waals surface area contributed by atoms with E-state index < -0.39 is 0 Å². The Bertz CT molecular complexity index is 747. The zero-order chi connectivity index (χ0) is 17.5. The molecule has 0 spiro atoms. The van der Waals surface area contributed by atoms with E-state index in [4.69, 9.17) is 4.74 Å². The second-order valence-corrected chi connectivity index (χ2v) is 9.13. The smallest absolute Gasteiger partial charge is 0.277 e. The fourth-order valence-corrected chi connectivity index (χ4v) is 5.59. The first-order valence-corrected chi connectivity index (χ1v) is 10.9. The molecule has 1 aliphatic rings. The van der Waals surface area contributed by atoms with E-state index in [0.29, 0.717) is 10.3 Å². The Morgan fingerprint density at radius 2 is 1.92 bits per heavy atom. The van der Waals surface area contributed by atoms with Crippen molar-refractivity contribution < 1.29 is 9.53 Å². The topological polar surface area (TPSA) is 50.7 Å². The molecule has 1 fully saturated rings. The van der Waals surface area contributed by atoms with Gasteiger partial charge < -0.3 is 4.74 Å². The Balaban J connectivity index is 1.45. The number of hydrogen-bond donors (Lipinski definition) is 1. The van der Waals surface area contributed by atoms with Crippen molar-refractivity contribution in [1.29, 1.82) is 0 Å². The normalized spacial score (nSPS) is 14.8. The van der Waals surface area contributed by atoms with Gasteiger partial charge >= 0.3 is 0 Å². The van der Waals surface area contributed by atoms with Crippen molar-refractivity contribution in [1.82, 2.24) is 5.43 Å². The van der Waals surface area contributed by atoms with Crippen LogP contribution < -0.4 is 10.2 Å². The van der Waals surface area contributed by atoms with Crippen molar-refractivity contribution in [2.75, 3.05) is 18.1 Å². The predicted octanol–water partition coefficient (Wildman–Crippen LogP) is 4.30. The second kappa shape index (κ2) is 9.49. The van der Waals surface area contributed by atoms with Crippen molar-refractivity contribution in [3.63, 3.8) is 0 Å². The Labute approximate surface area is 169 Å². The summed E-state index contributed by atoms with van der Waals surface area (Å²) < 4.78 is 7.11. The predicted molar refractivity (Wildman–Crippen MR) is 114 cm³/mol. The van der Waals surface area contributed by atoms with Crippen LogP contribution in [-0.2, 0) is 4.79 Å². The minimum atomic E-state index is -0.284. The molecule has 1 aliphatic heterocycles. The number of halogens is 1. The zero-order valence-electron chi connectivity index (χ0n) is 13.4. The zero-order valence-corrected chi connectivity index (χ0v) is 17.1. The van der Waals surface area contributed by atoms with Crippen LogP contribution in [0.2, 0.25) is 0 Å². The summed E-state index contributed by atoms with van der Waals surface area (Å²) in [6, 6.07) is 15.8. The number of ether oxygens (including phenoxy) is 1. The van der Waals surface area contributed by atoms with Gasteiger partial charge in [-0.1, -0.05) is 30.3 Å². The molecule has 25 heavy (non-hydrogen) atoms. The van der Waals surface area contributed by atoms with Gasteiger partial charge in [0.15, 0.2) is 6.61 Å². The highest BCUT2D eigenvalue weighted by Gasteiger charge is 2.17. The summed E-state index contributed by atoms with van der Waals surface area (Å²) in [5.74, 6) is 2.81. The lowest BCUT2D eigenvalue weighted by Crippen LogP contribution is -2.24. The van der Waals surface area contributed by atoms with Crippen LogP contribution >= 0.6 is 46.1 Å². The van der Waals surface area contributed by atoms with Gasteiger partial charge in [-0.3, -0.25) is 4.79 Å². The molecule has 1 N–H and O–H groups in total. The SMILES string of the molecule is O=C(COc1ccc(C2SCCS2)cc1)N/N=C\c1ccccc1I. The maximum atomic E-state index is 11.8. The maximum Gasteiger partial charge on any atom is 0.277 e. The second-order valence-electron chi connectivity index (χ2n) is 5.25. The van der Waals surface area contributed by atoms with Crippen LogP contribution in [0.3, 0.4) is 0 Å². The number of hydrazone groups is 1. The van der Waals surface area contributed by atoms with Crippen LogP contribution in [0.1, 0.15) is 15.7 Å². The molecule has 0 atom stereocenters. The molecule has 7 heteroatoms. The molecule has 2 aromatic rings. The maximum absolute atomic E-state index is 11.8. The van der Waals surface area contributed by atoms with Crippen molar-refractivity contribution in [2.24, 2.45) is 5.10 Å². The van der Waals surface area contributed by atoms with Gasteiger partial charge in [0.1, 0.15) is 5.75 Å². The average Bonchev–Trinajstić information content (AvgIpc) is 3.17. The summed E-state index contributed by atoms with van der Waals surface area (Å²) in [5.41, 5.74) is 4.74. The first-order valence-electron chi connectivity index (χ1n) is 7.75. The van der Waals surface area contributed by atoms with Crippen molar-refractivity contribution in [3.8, 4) is 5.75 Å². The summed E-state index contributed by atoms with van der Waals surface area (Å²) in [6.45, 7) is -0.0600. The summed E-state index contributed by atoms with van der Waals surface area (Å²) in [5, 5.41) is 3.97. The van der Waals surface area contributed by atoms with Crippen LogP contribution in [0.5, 0.6) is 5.75 Å². The molecule has 1 heterocycles. The summed E-state index contributed by atoms with van der Waals surface area (Å²) in [6.07, 6.45) is 1.63. The van der Waals surface area contributed by atoms with Gasteiger partial charge in [-0.05, 0) is 46.4 Å². The van der Waals surface area contributed by atoms with Gasteiger partial charge in [0.05, 0.1) is 10.8 Å². The minimum Gasteiger partial charge on any atom is -0.484 e. The van der Waals surface area contributed by atoms with Gasteiger partial charge in [-0.2, -0.15) is 5.10 Å². The number of hydrogen-bond acceptors (Lipinski definition) is 5. The lowest BCUT2D eigenvalue weighted by atomic mass is 10.2. The van der Waals surface area contributed by atoms with E-state index in [9.17, 15) is 4.79 Å². The number of benzene rings is 2. The van der Waals surface area contributed by atoms with Crippen molar-refractivity contribution in [2.45, 2.75) is 4.58 Å². The molecule has 130 valence electrons. The molecule has 4 nitrogen and oxygen atoms in total. The minimum absolute atomic E-state index is 0.0600. The number of nitrogens with one attached hydrogen (secondary N) is 1. The molecular weight excluding hydrogens is 467 g/mol. The van der Waals surface area contributed by atoms with Crippen LogP contribution in [0, 0.1) is 3.57 Å². The Kier molecular flexibility index (Phi) is 7.06. The fourth-order valence-electron chi connectivity index (χ4n) is 2.21. The van der Waals surface area contributed by atoms with E-state index in [2.05, 4.69) is 45.3 Å². The van der Waals surface area contributed by atoms with Crippen LogP contribution in [-0.4, -0.2) is 30.2 Å². The summed E-state index contributed by atoms with van der Waals surface area (Å²) >= 11 is 6.17. The molecule has 0 bridgehead atoms.